The normalized spacial score (nSPS) is 10.4. The van der Waals surface area contributed by atoms with Crippen LogP contribution in [0.5, 0.6) is 5.75 Å². The van der Waals surface area contributed by atoms with Crippen LogP contribution in [-0.4, -0.2) is 46.8 Å². The zero-order valence-corrected chi connectivity index (χ0v) is 11.5. The van der Waals surface area contributed by atoms with Crippen LogP contribution >= 0.6 is 0 Å². The van der Waals surface area contributed by atoms with Crippen LogP contribution in [0.3, 0.4) is 0 Å². The van der Waals surface area contributed by atoms with E-state index in [1.807, 2.05) is 24.3 Å². The summed E-state index contributed by atoms with van der Waals surface area (Å²) in [7, 11) is 1.65. The minimum Gasteiger partial charge on any atom is -0.491 e. The van der Waals surface area contributed by atoms with Gasteiger partial charge in [0.25, 0.3) is 0 Å². The lowest BCUT2D eigenvalue weighted by Gasteiger charge is -2.08. The predicted molar refractivity (Wildman–Crippen MR) is 75.5 cm³/mol. The van der Waals surface area contributed by atoms with Crippen LogP contribution in [0.15, 0.2) is 30.8 Å². The van der Waals surface area contributed by atoms with E-state index in [9.17, 15) is 0 Å². The van der Waals surface area contributed by atoms with E-state index in [1.54, 1.807) is 13.2 Å². The highest BCUT2D eigenvalue weighted by Crippen LogP contribution is 2.13. The van der Waals surface area contributed by atoms with E-state index in [4.69, 9.17) is 18.9 Å². The molecule has 1 aromatic carbocycles. The molecule has 0 radical (unpaired) electrons. The minimum absolute atomic E-state index is 0.526. The van der Waals surface area contributed by atoms with Gasteiger partial charge in [-0.2, -0.15) is 0 Å². The molecule has 0 bridgehead atoms. The summed E-state index contributed by atoms with van der Waals surface area (Å²) in [6.45, 7) is 7.16. The van der Waals surface area contributed by atoms with Gasteiger partial charge in [-0.3, -0.25) is 0 Å². The Balaban J connectivity index is 1.99. The fourth-order valence-corrected chi connectivity index (χ4v) is 1.41. The first-order valence-electron chi connectivity index (χ1n) is 6.36. The van der Waals surface area contributed by atoms with Crippen LogP contribution in [0.4, 0.5) is 0 Å². The monoisotopic (exact) mass is 266 g/mol. The highest BCUT2D eigenvalue weighted by atomic mass is 16.6. The summed E-state index contributed by atoms with van der Waals surface area (Å²) in [5, 5.41) is 0. The molecule has 0 unspecified atom stereocenters. The third-order valence-electron chi connectivity index (χ3n) is 2.39. The molecule has 0 aromatic heterocycles. The topological polar surface area (TPSA) is 36.9 Å². The van der Waals surface area contributed by atoms with Crippen molar-refractivity contribution in [3.8, 4) is 5.75 Å². The first-order valence-corrected chi connectivity index (χ1v) is 6.36. The van der Waals surface area contributed by atoms with Crippen molar-refractivity contribution in [1.82, 2.24) is 0 Å². The van der Waals surface area contributed by atoms with Crippen LogP contribution in [0, 0.1) is 0 Å². The lowest BCUT2D eigenvalue weighted by molar-refractivity contribution is 0.0180. The average Bonchev–Trinajstić information content (AvgIpc) is 2.46. The van der Waals surface area contributed by atoms with Gasteiger partial charge in [0, 0.05) is 7.11 Å². The Bertz CT molecular complexity index is 352. The first-order chi connectivity index (χ1) is 9.36. The molecular weight excluding hydrogens is 244 g/mol. The van der Waals surface area contributed by atoms with Crippen molar-refractivity contribution in [2.24, 2.45) is 0 Å². The molecule has 0 spiro atoms. The highest BCUT2D eigenvalue weighted by Gasteiger charge is 1.95. The van der Waals surface area contributed by atoms with Crippen LogP contribution in [0.2, 0.25) is 0 Å². The second-order valence-corrected chi connectivity index (χ2v) is 3.84. The van der Waals surface area contributed by atoms with Crippen molar-refractivity contribution >= 4 is 6.08 Å². The van der Waals surface area contributed by atoms with Gasteiger partial charge < -0.3 is 18.9 Å². The fraction of sp³-hybridized carbons (Fsp3) is 0.467. The molecule has 106 valence electrons. The van der Waals surface area contributed by atoms with Crippen molar-refractivity contribution in [3.63, 3.8) is 0 Å². The molecule has 0 aliphatic carbocycles. The molecule has 0 saturated heterocycles. The molecule has 0 N–H and O–H groups in total. The maximum atomic E-state index is 5.56. The zero-order chi connectivity index (χ0) is 13.8. The maximum Gasteiger partial charge on any atom is 0.120 e. The molecule has 1 aromatic rings. The van der Waals surface area contributed by atoms with Gasteiger partial charge in [-0.25, -0.2) is 0 Å². The Kier molecular flexibility index (Phi) is 8.72. The Morgan fingerprint density at radius 3 is 2.37 bits per heavy atom. The number of hydrogen-bond donors (Lipinski definition) is 0. The molecule has 0 amide bonds. The fourth-order valence-electron chi connectivity index (χ4n) is 1.41. The van der Waals surface area contributed by atoms with Gasteiger partial charge in [-0.05, 0) is 17.7 Å². The molecule has 0 aliphatic rings. The second-order valence-electron chi connectivity index (χ2n) is 3.84. The number of ether oxygens (including phenoxy) is 4. The van der Waals surface area contributed by atoms with Crippen molar-refractivity contribution in [2.45, 2.75) is 0 Å². The molecule has 0 atom stereocenters. The first kappa shape index (κ1) is 15.7. The van der Waals surface area contributed by atoms with Crippen molar-refractivity contribution in [1.29, 1.82) is 0 Å². The molecule has 0 aliphatic heterocycles. The molecule has 1 rings (SSSR count). The Morgan fingerprint density at radius 2 is 1.68 bits per heavy atom. The van der Waals surface area contributed by atoms with Crippen LogP contribution in [0.25, 0.3) is 6.08 Å². The van der Waals surface area contributed by atoms with Crippen LogP contribution in [0.1, 0.15) is 5.56 Å². The zero-order valence-electron chi connectivity index (χ0n) is 11.5. The predicted octanol–water partition coefficient (Wildman–Crippen LogP) is 2.39. The molecule has 4 nitrogen and oxygen atoms in total. The summed E-state index contributed by atoms with van der Waals surface area (Å²) in [6, 6.07) is 7.78. The minimum atomic E-state index is 0.526. The van der Waals surface area contributed by atoms with Gasteiger partial charge in [0.1, 0.15) is 12.4 Å². The number of benzene rings is 1. The third kappa shape index (κ3) is 7.62. The second kappa shape index (κ2) is 10.6. The van der Waals surface area contributed by atoms with Crippen LogP contribution < -0.4 is 4.74 Å². The average molecular weight is 266 g/mol. The quantitative estimate of drug-likeness (QED) is 0.576. The van der Waals surface area contributed by atoms with Gasteiger partial charge in [0.15, 0.2) is 0 Å². The molecule has 19 heavy (non-hydrogen) atoms. The van der Waals surface area contributed by atoms with E-state index < -0.39 is 0 Å². The Hall–Kier alpha value is -1.36. The summed E-state index contributed by atoms with van der Waals surface area (Å²) < 4.78 is 21.1. The highest BCUT2D eigenvalue weighted by molar-refractivity contribution is 5.49. The largest absolute Gasteiger partial charge is 0.491 e. The summed E-state index contributed by atoms with van der Waals surface area (Å²) in [4.78, 5) is 0. The van der Waals surface area contributed by atoms with Crippen LogP contribution in [-0.2, 0) is 14.2 Å². The lowest BCUT2D eigenvalue weighted by atomic mass is 10.2. The van der Waals surface area contributed by atoms with E-state index in [0.29, 0.717) is 39.6 Å². The molecule has 0 saturated carbocycles. The summed E-state index contributed by atoms with van der Waals surface area (Å²) >= 11 is 0. The lowest BCUT2D eigenvalue weighted by Crippen LogP contribution is -2.12. The third-order valence-corrected chi connectivity index (χ3v) is 2.39. The summed E-state index contributed by atoms with van der Waals surface area (Å²) in [6.07, 6.45) is 1.79. The van der Waals surface area contributed by atoms with Gasteiger partial charge in [-0.1, -0.05) is 24.8 Å². The number of hydrogen-bond acceptors (Lipinski definition) is 4. The number of methoxy groups -OCH3 is 1. The number of rotatable bonds is 11. The smallest absolute Gasteiger partial charge is 0.120 e. The van der Waals surface area contributed by atoms with E-state index in [2.05, 4.69) is 6.58 Å². The van der Waals surface area contributed by atoms with Crippen molar-refractivity contribution in [2.75, 3.05) is 46.8 Å². The molecule has 4 heteroatoms. The summed E-state index contributed by atoms with van der Waals surface area (Å²) in [5.74, 6) is 0.831. The maximum absolute atomic E-state index is 5.56. The Labute approximate surface area is 114 Å². The van der Waals surface area contributed by atoms with Gasteiger partial charge >= 0.3 is 0 Å². The molecule has 0 heterocycles. The van der Waals surface area contributed by atoms with Gasteiger partial charge in [0.2, 0.25) is 0 Å². The molecule has 0 fully saturated rings. The van der Waals surface area contributed by atoms with E-state index in [-0.39, 0.29) is 0 Å². The molecular formula is C15H22O4. The van der Waals surface area contributed by atoms with Crippen molar-refractivity contribution in [3.05, 3.63) is 36.4 Å². The van der Waals surface area contributed by atoms with Gasteiger partial charge in [0.05, 0.1) is 33.0 Å². The van der Waals surface area contributed by atoms with E-state index >= 15 is 0 Å². The van der Waals surface area contributed by atoms with Gasteiger partial charge in [-0.15, -0.1) is 0 Å². The van der Waals surface area contributed by atoms with E-state index in [1.165, 1.54) is 0 Å². The standard InChI is InChI=1S/C15H22O4/c1-3-14-5-4-6-15(13-14)19-12-11-18-10-9-17-8-7-16-2/h3-6,13H,1,7-12H2,2H3. The van der Waals surface area contributed by atoms with Crippen molar-refractivity contribution < 1.29 is 18.9 Å². The summed E-state index contributed by atoms with van der Waals surface area (Å²) in [5.41, 5.74) is 1.05. The Morgan fingerprint density at radius 1 is 1.00 bits per heavy atom. The van der Waals surface area contributed by atoms with E-state index in [0.717, 1.165) is 11.3 Å². The SMILES string of the molecule is C=Cc1cccc(OCCOCCOCCOC)c1.